The minimum absolute atomic E-state index is 0.0891. The van der Waals surface area contributed by atoms with Crippen LogP contribution in [0.3, 0.4) is 0 Å². The first-order valence-corrected chi connectivity index (χ1v) is 8.58. The summed E-state index contributed by atoms with van der Waals surface area (Å²) >= 11 is 0. The van der Waals surface area contributed by atoms with Crippen LogP contribution in [0.1, 0.15) is 49.9 Å². The van der Waals surface area contributed by atoms with Gasteiger partial charge in [0.15, 0.2) is 5.78 Å². The Labute approximate surface area is 158 Å². The number of hydrogen-bond acceptors (Lipinski definition) is 5. The number of hydrogen-bond donors (Lipinski definition) is 4. The third-order valence-electron chi connectivity index (χ3n) is 4.12. The molecule has 0 aliphatic heterocycles. The van der Waals surface area contributed by atoms with Crippen molar-refractivity contribution in [3.63, 3.8) is 0 Å². The topological polar surface area (TPSA) is 115 Å². The molecule has 0 bridgehead atoms. The maximum atomic E-state index is 12.2. The number of aliphatic carboxylic acids is 1. The third-order valence-corrected chi connectivity index (χ3v) is 4.12. The first-order valence-electron chi connectivity index (χ1n) is 8.58. The highest BCUT2D eigenvalue weighted by Crippen LogP contribution is 2.24. The number of carboxylic acid groups (broad SMARTS) is 1. The normalized spacial score (nSPS) is 13.3. The maximum absolute atomic E-state index is 12.2. The van der Waals surface area contributed by atoms with Crippen molar-refractivity contribution >= 4 is 11.8 Å². The molecule has 1 unspecified atom stereocenters. The molecule has 1 aromatic carbocycles. The SMILES string of the molecule is C=C(C)C(O)CCC(C)=CCC=C(CC(=O)c1cc(O)ccc1O)C(=O)O. The standard InChI is InChI=1S/C21H26O6/c1-13(2)18(23)9-7-14(3)5-4-6-15(21(26)27)11-20(25)17-12-16(22)8-10-19(17)24/h5-6,8,10,12,18,22-24H,1,4,7,9,11H2,2-3H3,(H,26,27). The van der Waals surface area contributed by atoms with Crippen molar-refractivity contribution in [2.45, 2.75) is 45.6 Å². The van der Waals surface area contributed by atoms with Gasteiger partial charge in [-0.3, -0.25) is 4.79 Å². The van der Waals surface area contributed by atoms with Crippen LogP contribution in [-0.2, 0) is 4.79 Å². The molecule has 0 saturated heterocycles. The van der Waals surface area contributed by atoms with Gasteiger partial charge in [-0.15, -0.1) is 0 Å². The van der Waals surface area contributed by atoms with Crippen molar-refractivity contribution in [1.82, 2.24) is 0 Å². The second-order valence-electron chi connectivity index (χ2n) is 6.52. The van der Waals surface area contributed by atoms with Crippen LogP contribution in [0.25, 0.3) is 0 Å². The fraction of sp³-hybridized carbons (Fsp3) is 0.333. The number of rotatable bonds is 10. The number of aliphatic hydroxyl groups excluding tert-OH is 1. The van der Waals surface area contributed by atoms with Crippen molar-refractivity contribution in [3.8, 4) is 11.5 Å². The molecule has 27 heavy (non-hydrogen) atoms. The summed E-state index contributed by atoms with van der Waals surface area (Å²) in [5.41, 5.74) is 1.48. The van der Waals surface area contributed by atoms with Gasteiger partial charge in [0.05, 0.1) is 11.7 Å². The highest BCUT2D eigenvalue weighted by atomic mass is 16.4. The van der Waals surface area contributed by atoms with Gasteiger partial charge in [-0.2, -0.15) is 0 Å². The molecule has 0 amide bonds. The van der Waals surface area contributed by atoms with Gasteiger partial charge >= 0.3 is 5.97 Å². The van der Waals surface area contributed by atoms with Crippen LogP contribution in [0.4, 0.5) is 0 Å². The molecule has 1 atom stereocenters. The molecule has 4 N–H and O–H groups in total. The van der Waals surface area contributed by atoms with Crippen molar-refractivity contribution < 1.29 is 30.0 Å². The summed E-state index contributed by atoms with van der Waals surface area (Å²) in [6.07, 6.45) is 3.85. The van der Waals surface area contributed by atoms with Crippen LogP contribution in [0.5, 0.6) is 11.5 Å². The number of phenolic OH excluding ortho intramolecular Hbond substituents is 2. The molecule has 0 spiro atoms. The summed E-state index contributed by atoms with van der Waals surface area (Å²) in [7, 11) is 0. The number of aliphatic hydroxyl groups is 1. The molecule has 0 aliphatic carbocycles. The average molecular weight is 374 g/mol. The molecule has 146 valence electrons. The van der Waals surface area contributed by atoms with E-state index >= 15 is 0 Å². The largest absolute Gasteiger partial charge is 0.508 e. The van der Waals surface area contributed by atoms with Gasteiger partial charge in [0.2, 0.25) is 0 Å². The van der Waals surface area contributed by atoms with Gasteiger partial charge in [-0.1, -0.05) is 29.9 Å². The third kappa shape index (κ3) is 7.50. The molecule has 6 heteroatoms. The minimum Gasteiger partial charge on any atom is -0.508 e. The van der Waals surface area contributed by atoms with Crippen LogP contribution >= 0.6 is 0 Å². The van der Waals surface area contributed by atoms with Crippen molar-refractivity contribution in [2.75, 3.05) is 0 Å². The number of aromatic hydroxyl groups is 2. The monoisotopic (exact) mass is 374 g/mol. The molecule has 0 heterocycles. The molecule has 1 aromatic rings. The Balaban J connectivity index is 2.76. The summed E-state index contributed by atoms with van der Waals surface area (Å²) < 4.78 is 0. The number of Topliss-reactive ketones (excluding diaryl/α,β-unsaturated/α-hetero) is 1. The number of benzene rings is 1. The Kier molecular flexibility index (Phi) is 8.48. The fourth-order valence-corrected chi connectivity index (χ4v) is 2.37. The van der Waals surface area contributed by atoms with E-state index in [0.29, 0.717) is 24.8 Å². The van der Waals surface area contributed by atoms with E-state index in [9.17, 15) is 30.0 Å². The smallest absolute Gasteiger partial charge is 0.331 e. The molecule has 0 radical (unpaired) electrons. The number of carbonyl (C=O) groups is 2. The molecule has 0 aliphatic rings. The lowest BCUT2D eigenvalue weighted by molar-refractivity contribution is -0.132. The van der Waals surface area contributed by atoms with Gasteiger partial charge < -0.3 is 20.4 Å². The quantitative estimate of drug-likeness (QED) is 0.215. The number of carbonyl (C=O) groups excluding carboxylic acids is 1. The van der Waals surface area contributed by atoms with Crippen LogP contribution in [-0.4, -0.2) is 38.3 Å². The summed E-state index contributed by atoms with van der Waals surface area (Å²) in [4.78, 5) is 23.6. The first kappa shape index (κ1) is 22.2. The van der Waals surface area contributed by atoms with Gasteiger partial charge in [0.25, 0.3) is 0 Å². The Morgan fingerprint density at radius 2 is 1.85 bits per heavy atom. The van der Waals surface area contributed by atoms with Gasteiger partial charge in [0.1, 0.15) is 11.5 Å². The zero-order valence-corrected chi connectivity index (χ0v) is 15.6. The molecule has 0 saturated carbocycles. The number of allylic oxidation sites excluding steroid dienone is 3. The lowest BCUT2D eigenvalue weighted by Crippen LogP contribution is -2.08. The average Bonchev–Trinajstić information content (AvgIpc) is 2.60. The number of phenols is 2. The summed E-state index contributed by atoms with van der Waals surface area (Å²) in [5.74, 6) is -2.31. The second kappa shape index (κ2) is 10.3. The highest BCUT2D eigenvalue weighted by Gasteiger charge is 2.17. The predicted molar refractivity (Wildman–Crippen MR) is 103 cm³/mol. The summed E-state index contributed by atoms with van der Waals surface area (Å²) in [6.45, 7) is 7.33. The molecule has 0 aromatic heterocycles. The Morgan fingerprint density at radius 3 is 2.44 bits per heavy atom. The van der Waals surface area contributed by atoms with E-state index in [1.807, 2.05) is 13.0 Å². The Hall–Kier alpha value is -2.86. The van der Waals surface area contributed by atoms with Crippen LogP contribution in [0.15, 0.2) is 53.6 Å². The van der Waals surface area contributed by atoms with E-state index in [0.717, 1.165) is 11.6 Å². The predicted octanol–water partition coefficient (Wildman–Crippen LogP) is 3.74. The molecule has 1 rings (SSSR count). The van der Waals surface area contributed by atoms with Gasteiger partial charge in [-0.25, -0.2) is 4.79 Å². The van der Waals surface area contributed by atoms with Crippen molar-refractivity contribution in [2.24, 2.45) is 0 Å². The summed E-state index contributed by atoms with van der Waals surface area (Å²) in [5, 5.41) is 38.2. The minimum atomic E-state index is -1.22. The van der Waals surface area contributed by atoms with E-state index in [1.54, 1.807) is 6.92 Å². The van der Waals surface area contributed by atoms with Crippen LogP contribution < -0.4 is 0 Å². The molecular weight excluding hydrogens is 348 g/mol. The van der Waals surface area contributed by atoms with E-state index in [2.05, 4.69) is 6.58 Å². The Morgan fingerprint density at radius 1 is 1.19 bits per heavy atom. The number of ketones is 1. The van der Waals surface area contributed by atoms with Gasteiger partial charge in [0, 0.05) is 12.0 Å². The molecule has 6 nitrogen and oxygen atoms in total. The fourth-order valence-electron chi connectivity index (χ4n) is 2.37. The zero-order valence-electron chi connectivity index (χ0n) is 15.6. The van der Waals surface area contributed by atoms with Crippen molar-refractivity contribution in [1.29, 1.82) is 0 Å². The van der Waals surface area contributed by atoms with E-state index in [-0.39, 0.29) is 22.6 Å². The lowest BCUT2D eigenvalue weighted by Gasteiger charge is -2.09. The zero-order chi connectivity index (χ0) is 20.6. The maximum Gasteiger partial charge on any atom is 0.331 e. The second-order valence-corrected chi connectivity index (χ2v) is 6.52. The van der Waals surface area contributed by atoms with Gasteiger partial charge in [-0.05, 0) is 51.3 Å². The van der Waals surface area contributed by atoms with Crippen LogP contribution in [0, 0.1) is 0 Å². The Bertz CT molecular complexity index is 773. The highest BCUT2D eigenvalue weighted by molar-refractivity contribution is 6.04. The summed E-state index contributed by atoms with van der Waals surface area (Å²) in [6, 6.07) is 3.52. The molecular formula is C21H26O6. The number of carboxylic acids is 1. The lowest BCUT2D eigenvalue weighted by atomic mass is 10.0. The van der Waals surface area contributed by atoms with E-state index < -0.39 is 24.3 Å². The van der Waals surface area contributed by atoms with E-state index in [1.165, 1.54) is 18.2 Å². The van der Waals surface area contributed by atoms with E-state index in [4.69, 9.17) is 0 Å². The van der Waals surface area contributed by atoms with Crippen LogP contribution in [0.2, 0.25) is 0 Å². The molecule has 0 fully saturated rings. The van der Waals surface area contributed by atoms with Crippen molar-refractivity contribution in [3.05, 3.63) is 59.2 Å². The first-order chi connectivity index (χ1) is 12.6.